The van der Waals surface area contributed by atoms with Gasteiger partial charge in [-0.25, -0.2) is 14.0 Å². The maximum atomic E-state index is 13.3. The molecule has 24 heavy (non-hydrogen) atoms. The van der Waals surface area contributed by atoms with Crippen LogP contribution in [-0.2, 0) is 22.1 Å². The van der Waals surface area contributed by atoms with E-state index in [-0.39, 0.29) is 5.56 Å². The third kappa shape index (κ3) is 6.43. The van der Waals surface area contributed by atoms with E-state index in [0.717, 1.165) is 6.07 Å². The smallest absolute Gasteiger partial charge is 0.416 e. The summed E-state index contributed by atoms with van der Waals surface area (Å²) in [6.07, 6.45) is -6.34. The molecule has 0 saturated carbocycles. The van der Waals surface area contributed by atoms with Crippen LogP contribution in [0.4, 0.5) is 22.4 Å². The largest absolute Gasteiger partial charge is 0.480 e. The van der Waals surface area contributed by atoms with Crippen molar-refractivity contribution in [1.29, 1.82) is 0 Å². The highest BCUT2D eigenvalue weighted by Crippen LogP contribution is 2.30. The van der Waals surface area contributed by atoms with Crippen LogP contribution in [0.15, 0.2) is 18.2 Å². The predicted octanol–water partition coefficient (Wildman–Crippen LogP) is 3.36. The second-order valence-corrected chi connectivity index (χ2v) is 6.09. The lowest BCUT2D eigenvalue weighted by Crippen LogP contribution is -2.44. The van der Waals surface area contributed by atoms with E-state index in [1.807, 2.05) is 5.32 Å². The number of carboxylic acids is 1. The minimum atomic E-state index is -4.77. The van der Waals surface area contributed by atoms with Crippen LogP contribution in [0.2, 0.25) is 0 Å². The van der Waals surface area contributed by atoms with Crippen molar-refractivity contribution in [3.05, 3.63) is 35.1 Å². The molecule has 134 valence electrons. The molecule has 1 rings (SSSR count). The summed E-state index contributed by atoms with van der Waals surface area (Å²) in [5, 5.41) is 11.1. The maximum Gasteiger partial charge on any atom is 0.416 e. The maximum absolute atomic E-state index is 13.3. The molecule has 0 heterocycles. The second-order valence-electron chi connectivity index (χ2n) is 6.09. The molecule has 1 unspecified atom stereocenters. The number of ether oxygens (including phenoxy) is 1. The quantitative estimate of drug-likeness (QED) is 0.816. The van der Waals surface area contributed by atoms with E-state index in [9.17, 15) is 27.2 Å². The lowest BCUT2D eigenvalue weighted by atomic mass is 10.0. The minimum Gasteiger partial charge on any atom is -0.480 e. The summed E-state index contributed by atoms with van der Waals surface area (Å²) in [7, 11) is 0. The van der Waals surface area contributed by atoms with Gasteiger partial charge in [0.2, 0.25) is 0 Å². The van der Waals surface area contributed by atoms with Crippen molar-refractivity contribution >= 4 is 12.1 Å². The van der Waals surface area contributed by atoms with Gasteiger partial charge in [-0.2, -0.15) is 13.2 Å². The van der Waals surface area contributed by atoms with Crippen molar-refractivity contribution < 1.29 is 37.0 Å². The van der Waals surface area contributed by atoms with Crippen molar-refractivity contribution in [2.75, 3.05) is 0 Å². The molecular formula is C15H17F4NO4. The zero-order valence-corrected chi connectivity index (χ0v) is 13.2. The monoisotopic (exact) mass is 351 g/mol. The van der Waals surface area contributed by atoms with Gasteiger partial charge in [0.25, 0.3) is 0 Å². The number of benzene rings is 1. The fraction of sp³-hybridized carbons (Fsp3) is 0.467. The van der Waals surface area contributed by atoms with Crippen molar-refractivity contribution in [1.82, 2.24) is 5.32 Å². The Morgan fingerprint density at radius 3 is 2.25 bits per heavy atom. The van der Waals surface area contributed by atoms with Crippen LogP contribution in [-0.4, -0.2) is 28.8 Å². The van der Waals surface area contributed by atoms with Crippen LogP contribution in [0, 0.1) is 5.82 Å². The molecule has 0 radical (unpaired) electrons. The topological polar surface area (TPSA) is 75.6 Å². The first-order chi connectivity index (χ1) is 10.8. The van der Waals surface area contributed by atoms with E-state index in [1.54, 1.807) is 20.8 Å². The third-order valence-electron chi connectivity index (χ3n) is 2.71. The highest BCUT2D eigenvalue weighted by atomic mass is 19.4. The molecule has 0 aromatic heterocycles. The standard InChI is InChI=1S/C15H17F4NO4/c1-14(2,3)24-13(23)20-11(12(21)22)6-8-4-9(15(17,18)19)7-10(16)5-8/h4-5,7,11H,6H2,1-3H3,(H,20,23)(H,21,22). The zero-order chi connectivity index (χ0) is 18.7. The van der Waals surface area contributed by atoms with Gasteiger partial charge in [-0.15, -0.1) is 0 Å². The fourth-order valence-corrected chi connectivity index (χ4v) is 1.82. The summed E-state index contributed by atoms with van der Waals surface area (Å²) < 4.78 is 56.2. The Hall–Kier alpha value is -2.32. The summed E-state index contributed by atoms with van der Waals surface area (Å²) in [6, 6.07) is 0.154. The van der Waals surface area contributed by atoms with E-state index >= 15 is 0 Å². The van der Waals surface area contributed by atoms with Gasteiger partial charge in [-0.1, -0.05) is 0 Å². The van der Waals surface area contributed by atoms with Crippen LogP contribution in [0.3, 0.4) is 0 Å². The summed E-state index contributed by atoms with van der Waals surface area (Å²) in [6.45, 7) is 4.68. The van der Waals surface area contributed by atoms with E-state index < -0.39 is 47.7 Å². The Bertz CT molecular complexity index is 623. The van der Waals surface area contributed by atoms with Gasteiger partial charge in [0.15, 0.2) is 0 Å². The predicted molar refractivity (Wildman–Crippen MR) is 75.9 cm³/mol. The molecule has 0 spiro atoms. The summed E-state index contributed by atoms with van der Waals surface area (Å²) in [4.78, 5) is 22.8. The number of nitrogens with one attached hydrogen (secondary N) is 1. The van der Waals surface area contributed by atoms with Gasteiger partial charge in [0.1, 0.15) is 17.5 Å². The second kappa shape index (κ2) is 7.06. The third-order valence-corrected chi connectivity index (χ3v) is 2.71. The van der Waals surface area contributed by atoms with E-state index in [0.29, 0.717) is 12.1 Å². The fourth-order valence-electron chi connectivity index (χ4n) is 1.82. The van der Waals surface area contributed by atoms with Crippen LogP contribution < -0.4 is 5.32 Å². The molecule has 1 atom stereocenters. The van der Waals surface area contributed by atoms with Gasteiger partial charge in [-0.05, 0) is 44.5 Å². The molecule has 0 saturated heterocycles. The first-order valence-electron chi connectivity index (χ1n) is 6.87. The van der Waals surface area contributed by atoms with Gasteiger partial charge < -0.3 is 15.2 Å². The van der Waals surface area contributed by atoms with Crippen LogP contribution >= 0.6 is 0 Å². The molecule has 1 amide bonds. The number of halogens is 4. The average Bonchev–Trinajstić information content (AvgIpc) is 2.33. The number of carboxylic acid groups (broad SMARTS) is 1. The Morgan fingerprint density at radius 2 is 1.79 bits per heavy atom. The van der Waals surface area contributed by atoms with Gasteiger partial charge in [-0.3, -0.25) is 0 Å². The Morgan fingerprint density at radius 1 is 1.21 bits per heavy atom. The van der Waals surface area contributed by atoms with E-state index in [1.165, 1.54) is 0 Å². The highest BCUT2D eigenvalue weighted by Gasteiger charge is 2.32. The lowest BCUT2D eigenvalue weighted by Gasteiger charge is -2.22. The van der Waals surface area contributed by atoms with E-state index in [4.69, 9.17) is 9.84 Å². The Labute approximate surface area is 135 Å². The zero-order valence-electron chi connectivity index (χ0n) is 13.2. The lowest BCUT2D eigenvalue weighted by molar-refractivity contribution is -0.139. The number of carbonyl (C=O) groups excluding carboxylic acids is 1. The molecule has 0 bridgehead atoms. The molecule has 5 nitrogen and oxygen atoms in total. The van der Waals surface area contributed by atoms with Gasteiger partial charge in [0, 0.05) is 6.42 Å². The van der Waals surface area contributed by atoms with Crippen molar-refractivity contribution in [2.45, 2.75) is 45.0 Å². The molecule has 1 aromatic carbocycles. The summed E-state index contributed by atoms with van der Waals surface area (Å²) in [5.41, 5.74) is -2.33. The summed E-state index contributed by atoms with van der Waals surface area (Å²) in [5.74, 6) is -2.64. The minimum absolute atomic E-state index is 0.217. The van der Waals surface area contributed by atoms with E-state index in [2.05, 4.69) is 0 Å². The van der Waals surface area contributed by atoms with Crippen molar-refractivity contribution in [3.8, 4) is 0 Å². The number of carbonyl (C=O) groups is 2. The van der Waals surface area contributed by atoms with Crippen molar-refractivity contribution in [3.63, 3.8) is 0 Å². The number of alkyl carbamates (subject to hydrolysis) is 1. The molecule has 0 fully saturated rings. The SMILES string of the molecule is CC(C)(C)OC(=O)NC(Cc1cc(F)cc(C(F)(F)F)c1)C(=O)O. The Kier molecular flexibility index (Phi) is 5.80. The number of aliphatic carboxylic acids is 1. The first kappa shape index (κ1) is 19.7. The van der Waals surface area contributed by atoms with Crippen LogP contribution in [0.5, 0.6) is 0 Å². The highest BCUT2D eigenvalue weighted by molar-refractivity contribution is 5.80. The Balaban J connectivity index is 2.96. The number of rotatable bonds is 4. The number of amides is 1. The molecule has 0 aliphatic carbocycles. The van der Waals surface area contributed by atoms with Gasteiger partial charge >= 0.3 is 18.2 Å². The molecule has 1 aromatic rings. The molecule has 0 aliphatic heterocycles. The van der Waals surface area contributed by atoms with Crippen molar-refractivity contribution in [2.24, 2.45) is 0 Å². The average molecular weight is 351 g/mol. The molecule has 2 N–H and O–H groups in total. The normalized spacial score (nSPS) is 13.3. The number of alkyl halides is 3. The number of hydrogen-bond donors (Lipinski definition) is 2. The van der Waals surface area contributed by atoms with Crippen LogP contribution in [0.25, 0.3) is 0 Å². The molecule has 0 aliphatic rings. The first-order valence-corrected chi connectivity index (χ1v) is 6.87. The van der Waals surface area contributed by atoms with Gasteiger partial charge in [0.05, 0.1) is 5.56 Å². The van der Waals surface area contributed by atoms with Crippen LogP contribution in [0.1, 0.15) is 31.9 Å². The number of hydrogen-bond acceptors (Lipinski definition) is 3. The molecule has 9 heteroatoms. The summed E-state index contributed by atoms with van der Waals surface area (Å²) >= 11 is 0. The molecular weight excluding hydrogens is 334 g/mol.